The molecule has 6 amide bonds. The fourth-order valence-electron chi connectivity index (χ4n) is 3.82. The number of aliphatic hydroxyl groups excluding tert-OH is 3. The summed E-state index contributed by atoms with van der Waals surface area (Å²) >= 11 is 0. The van der Waals surface area contributed by atoms with Crippen LogP contribution in [0.4, 0.5) is 0 Å². The maximum Gasteiger partial charge on any atom is 0.328 e. The summed E-state index contributed by atoms with van der Waals surface area (Å²) in [5.74, 6) is -9.40. The molecular weight excluding hydrogens is 660 g/mol. The summed E-state index contributed by atoms with van der Waals surface area (Å²) in [6, 6.07) is -9.64. The molecule has 7 atom stereocenters. The van der Waals surface area contributed by atoms with Gasteiger partial charge < -0.3 is 74.6 Å². The van der Waals surface area contributed by atoms with Crippen molar-refractivity contribution in [1.82, 2.24) is 31.9 Å². The van der Waals surface area contributed by atoms with Crippen molar-refractivity contribution in [2.24, 2.45) is 22.2 Å². The van der Waals surface area contributed by atoms with Gasteiger partial charge >= 0.3 is 11.9 Å². The van der Waals surface area contributed by atoms with Gasteiger partial charge in [-0.2, -0.15) is 0 Å². The second kappa shape index (κ2) is 22.4. The van der Waals surface area contributed by atoms with Crippen molar-refractivity contribution in [3.05, 3.63) is 0 Å². The van der Waals surface area contributed by atoms with Crippen LogP contribution in [0.1, 0.15) is 39.5 Å². The summed E-state index contributed by atoms with van der Waals surface area (Å²) in [6.45, 7) is -0.0984. The van der Waals surface area contributed by atoms with Crippen molar-refractivity contribution in [1.29, 1.82) is 0 Å². The number of carbonyl (C=O) groups is 8. The zero-order valence-corrected chi connectivity index (χ0v) is 26.9. The number of carboxylic acids is 2. The SMILES string of the molecule is C[C@H](NC(=O)CN)C(=O)N[C@@H](CO)C(=O)N[C@H](C(=O)N[C@@H](CCCN=C(N)N)C(=O)N[C@@H](CCC(=O)O)C(=O)N[C@@H](CO)C(=O)O)[C@@H](C)O. The van der Waals surface area contributed by atoms with Crippen LogP contribution in [0, 0.1) is 0 Å². The number of carboxylic acid groups (broad SMARTS) is 2. The van der Waals surface area contributed by atoms with Gasteiger partial charge in [0.05, 0.1) is 25.9 Å². The van der Waals surface area contributed by atoms with Crippen LogP contribution in [0.5, 0.6) is 0 Å². The third kappa shape index (κ3) is 17.0. The topological polar surface area (TPSA) is 400 Å². The highest BCUT2D eigenvalue weighted by Gasteiger charge is 2.34. The first kappa shape index (κ1) is 43.9. The molecular formula is C26H46N10O13. The lowest BCUT2D eigenvalue weighted by Gasteiger charge is -2.27. The third-order valence-electron chi connectivity index (χ3n) is 6.49. The van der Waals surface area contributed by atoms with Crippen LogP contribution in [-0.4, -0.2) is 148 Å². The highest BCUT2D eigenvalue weighted by molar-refractivity contribution is 5.97. The van der Waals surface area contributed by atoms with E-state index in [2.05, 4.69) is 31.6 Å². The summed E-state index contributed by atoms with van der Waals surface area (Å²) in [7, 11) is 0. The summed E-state index contributed by atoms with van der Waals surface area (Å²) in [4.78, 5) is 102. The van der Waals surface area contributed by atoms with E-state index in [0.29, 0.717) is 0 Å². The van der Waals surface area contributed by atoms with Crippen molar-refractivity contribution in [2.75, 3.05) is 26.3 Å². The number of carbonyl (C=O) groups excluding carboxylic acids is 6. The van der Waals surface area contributed by atoms with Crippen LogP contribution in [0.15, 0.2) is 4.99 Å². The molecule has 49 heavy (non-hydrogen) atoms. The van der Waals surface area contributed by atoms with Crippen LogP contribution in [0.3, 0.4) is 0 Å². The minimum Gasteiger partial charge on any atom is -0.481 e. The lowest BCUT2D eigenvalue weighted by Crippen LogP contribution is -2.62. The average molecular weight is 707 g/mol. The normalized spacial score (nSPS) is 15.0. The molecule has 278 valence electrons. The van der Waals surface area contributed by atoms with E-state index in [9.17, 15) is 53.7 Å². The van der Waals surface area contributed by atoms with E-state index in [1.54, 1.807) is 0 Å². The van der Waals surface area contributed by atoms with Gasteiger partial charge in [0.15, 0.2) is 5.96 Å². The Bertz CT molecular complexity index is 1210. The van der Waals surface area contributed by atoms with Gasteiger partial charge in [0.25, 0.3) is 0 Å². The van der Waals surface area contributed by atoms with Crippen molar-refractivity contribution in [2.45, 2.75) is 81.9 Å². The number of amides is 6. The van der Waals surface area contributed by atoms with E-state index in [1.807, 2.05) is 5.32 Å². The molecule has 0 fully saturated rings. The summed E-state index contributed by atoms with van der Waals surface area (Å²) in [5, 5.41) is 60.4. The molecule has 0 aliphatic carbocycles. The van der Waals surface area contributed by atoms with Crippen LogP contribution in [-0.2, 0) is 38.4 Å². The minimum absolute atomic E-state index is 0.0387. The third-order valence-corrected chi connectivity index (χ3v) is 6.49. The van der Waals surface area contributed by atoms with Crippen LogP contribution in [0.25, 0.3) is 0 Å². The van der Waals surface area contributed by atoms with E-state index < -0.39 is 122 Å². The second-order valence-corrected chi connectivity index (χ2v) is 10.5. The summed E-state index contributed by atoms with van der Waals surface area (Å²) in [6.07, 6.45) is -3.01. The number of aliphatic carboxylic acids is 2. The fraction of sp³-hybridized carbons (Fsp3) is 0.654. The standard InChI is InChI=1S/C26H46N10O13/c1-11(31-17(40)8-27)20(43)34-15(9-37)23(46)36-19(12(2)39)24(47)33-13(4-3-7-30-26(28)29)21(44)32-14(5-6-18(41)42)22(45)35-16(10-38)25(48)49/h11-16,19,37-39H,3-10,27H2,1-2H3,(H,31,40)(H,32,44)(H,33,47)(H,34,43)(H,35,45)(H,36,46)(H,41,42)(H,48,49)(H4,28,29,30)/t11-,12+,13-,14-,15-,16-,19-/m0/s1. The maximum absolute atomic E-state index is 13.3. The molecule has 0 spiro atoms. The van der Waals surface area contributed by atoms with Gasteiger partial charge in [-0.05, 0) is 33.1 Å². The molecule has 0 rings (SSSR count). The lowest BCUT2D eigenvalue weighted by atomic mass is 10.1. The Morgan fingerprint density at radius 1 is 0.673 bits per heavy atom. The molecule has 0 aliphatic heterocycles. The van der Waals surface area contributed by atoms with Gasteiger partial charge in [-0.15, -0.1) is 0 Å². The first-order chi connectivity index (χ1) is 22.9. The Hall–Kier alpha value is -5.13. The van der Waals surface area contributed by atoms with E-state index in [1.165, 1.54) is 6.92 Å². The van der Waals surface area contributed by atoms with E-state index in [-0.39, 0.29) is 25.3 Å². The quantitative estimate of drug-likeness (QED) is 0.0266. The van der Waals surface area contributed by atoms with E-state index in [0.717, 1.165) is 6.92 Å². The average Bonchev–Trinajstić information content (AvgIpc) is 3.03. The lowest BCUT2D eigenvalue weighted by molar-refractivity contribution is -0.144. The predicted molar refractivity (Wildman–Crippen MR) is 167 cm³/mol. The zero-order valence-electron chi connectivity index (χ0n) is 26.9. The molecule has 0 bridgehead atoms. The Labute approximate surface area is 279 Å². The predicted octanol–water partition coefficient (Wildman–Crippen LogP) is -7.76. The van der Waals surface area contributed by atoms with Gasteiger partial charge in [-0.1, -0.05) is 0 Å². The second-order valence-electron chi connectivity index (χ2n) is 10.5. The van der Waals surface area contributed by atoms with Crippen molar-refractivity contribution >= 4 is 53.3 Å². The van der Waals surface area contributed by atoms with Crippen LogP contribution in [0.2, 0.25) is 0 Å². The maximum atomic E-state index is 13.3. The molecule has 17 N–H and O–H groups in total. The molecule has 0 aromatic heterocycles. The van der Waals surface area contributed by atoms with Gasteiger partial charge in [0.1, 0.15) is 36.3 Å². The summed E-state index contributed by atoms with van der Waals surface area (Å²) < 4.78 is 0. The first-order valence-electron chi connectivity index (χ1n) is 14.8. The zero-order chi connectivity index (χ0) is 37.8. The molecule has 0 radical (unpaired) electrons. The smallest absolute Gasteiger partial charge is 0.328 e. The van der Waals surface area contributed by atoms with Gasteiger partial charge in [-0.3, -0.25) is 38.6 Å². The molecule has 0 aromatic carbocycles. The number of nitrogens with one attached hydrogen (secondary N) is 6. The summed E-state index contributed by atoms with van der Waals surface area (Å²) in [5.41, 5.74) is 15.8. The van der Waals surface area contributed by atoms with Gasteiger partial charge in [0.2, 0.25) is 35.4 Å². The highest BCUT2D eigenvalue weighted by atomic mass is 16.4. The minimum atomic E-state index is -1.80. The molecule has 0 unspecified atom stereocenters. The fourth-order valence-corrected chi connectivity index (χ4v) is 3.82. The largest absolute Gasteiger partial charge is 0.481 e. The van der Waals surface area contributed by atoms with E-state index >= 15 is 0 Å². The first-order valence-corrected chi connectivity index (χ1v) is 14.8. The Morgan fingerprint density at radius 3 is 1.63 bits per heavy atom. The number of hydrogen-bond donors (Lipinski definition) is 14. The number of rotatable bonds is 23. The Balaban J connectivity index is 6.08. The van der Waals surface area contributed by atoms with Crippen LogP contribution < -0.4 is 49.1 Å². The molecule has 0 aliphatic rings. The molecule has 0 saturated carbocycles. The van der Waals surface area contributed by atoms with Gasteiger partial charge in [0, 0.05) is 13.0 Å². The van der Waals surface area contributed by atoms with Crippen molar-refractivity contribution in [3.8, 4) is 0 Å². The molecule has 0 heterocycles. The molecule has 0 aromatic rings. The number of guanidine groups is 1. The number of aliphatic imine (C=N–C) groups is 1. The Kier molecular flexibility index (Phi) is 20.1. The highest BCUT2D eigenvalue weighted by Crippen LogP contribution is 2.06. The van der Waals surface area contributed by atoms with Crippen molar-refractivity contribution < 1.29 is 63.9 Å². The van der Waals surface area contributed by atoms with Crippen LogP contribution >= 0.6 is 0 Å². The number of nitrogens with two attached hydrogens (primary N) is 3. The van der Waals surface area contributed by atoms with Crippen molar-refractivity contribution in [3.63, 3.8) is 0 Å². The molecule has 23 heteroatoms. The van der Waals surface area contributed by atoms with Gasteiger partial charge in [-0.25, -0.2) is 4.79 Å². The molecule has 23 nitrogen and oxygen atoms in total. The number of aliphatic hydroxyl groups is 3. The monoisotopic (exact) mass is 706 g/mol. The number of nitrogens with zero attached hydrogens (tertiary/aromatic N) is 1. The molecule has 0 saturated heterocycles. The number of hydrogen-bond acceptors (Lipinski definition) is 13. The Morgan fingerprint density at radius 2 is 1.16 bits per heavy atom. The van der Waals surface area contributed by atoms with E-state index in [4.69, 9.17) is 27.4 Å².